The molecular formula is C58H80F2N8O14S2. The van der Waals surface area contributed by atoms with E-state index in [9.17, 15) is 39.0 Å². The molecule has 0 spiro atoms. The Morgan fingerprint density at radius 3 is 1.14 bits per heavy atom. The summed E-state index contributed by atoms with van der Waals surface area (Å²) in [6.07, 6.45) is -7.27. The molecule has 0 aliphatic carbocycles. The number of rotatable bonds is 31. The highest BCUT2D eigenvalue weighted by atomic mass is 32.1. The Bertz CT molecular complexity index is 2590. The second-order valence-electron chi connectivity index (χ2n) is 22.5. The van der Waals surface area contributed by atoms with E-state index in [0.717, 1.165) is 53.2 Å². The first kappa shape index (κ1) is 67.2. The Morgan fingerprint density at radius 1 is 0.548 bits per heavy atom. The number of ether oxygens (including phenoxy) is 6. The highest BCUT2D eigenvalue weighted by molar-refractivity contribution is 7.13. The number of alkyl halides is 2. The SMILES string of the molecule is Cc1ncsc1-c1ccc(CNC(=O)[C@@H]2[C@@H](F)[C@@H](O)CN2C(=O)C(NC(=O)COCCOCCOCCOCCOCCOCC(=O)N[C@H](C(=O)N2C[C@H](O)[C@H](F)[C@H]2C(=O)NCc2ccc(-c3scnc3C)cc2)C(C)(C)C)C(C)(C)C)cc1. The summed E-state index contributed by atoms with van der Waals surface area (Å²) in [7, 11) is 0. The summed E-state index contributed by atoms with van der Waals surface area (Å²) in [4.78, 5) is 93.2. The minimum atomic E-state index is -2.04. The molecule has 4 aromatic rings. The van der Waals surface area contributed by atoms with Gasteiger partial charge in [0.05, 0.1) is 111 Å². The van der Waals surface area contributed by atoms with E-state index in [4.69, 9.17) is 28.4 Å². The lowest BCUT2D eigenvalue weighted by Crippen LogP contribution is -2.59. The minimum Gasteiger partial charge on any atom is -0.388 e. The summed E-state index contributed by atoms with van der Waals surface area (Å²) in [5, 5.41) is 31.6. The largest absolute Gasteiger partial charge is 0.388 e. The van der Waals surface area contributed by atoms with Crippen molar-refractivity contribution in [3.63, 3.8) is 0 Å². The van der Waals surface area contributed by atoms with Crippen LogP contribution in [0.15, 0.2) is 59.6 Å². The molecule has 2 aliphatic rings. The Kier molecular flexibility index (Phi) is 25.6. The van der Waals surface area contributed by atoms with E-state index in [1.54, 1.807) is 52.6 Å². The molecule has 0 saturated carbocycles. The highest BCUT2D eigenvalue weighted by Gasteiger charge is 2.52. The van der Waals surface area contributed by atoms with E-state index >= 15 is 8.78 Å². The maximum atomic E-state index is 15.4. The molecule has 6 N–H and O–H groups in total. The molecule has 6 rings (SSSR count). The third kappa shape index (κ3) is 19.3. The maximum Gasteiger partial charge on any atom is 0.246 e. The van der Waals surface area contributed by atoms with Crippen molar-refractivity contribution in [1.82, 2.24) is 41.0 Å². The molecule has 26 heteroatoms. The lowest BCUT2D eigenvalue weighted by Gasteiger charge is -2.35. The molecule has 462 valence electrons. The van der Waals surface area contributed by atoms with E-state index in [1.807, 2.05) is 62.4 Å². The van der Waals surface area contributed by atoms with Crippen LogP contribution in [0, 0.1) is 24.7 Å². The van der Waals surface area contributed by atoms with Crippen molar-refractivity contribution in [1.29, 1.82) is 0 Å². The number of β-amino-alcohol motifs (C(OH)–C–C–N with tert-alkyl or cyclic N) is 2. The monoisotopic (exact) mass is 1210 g/mol. The molecule has 2 aliphatic heterocycles. The Morgan fingerprint density at radius 2 is 0.857 bits per heavy atom. The summed E-state index contributed by atoms with van der Waals surface area (Å²) in [6, 6.07) is 9.39. The quantitative estimate of drug-likeness (QED) is 0.0394. The number of thiazole rings is 2. The standard InChI is InChI=1S/C58H80F2N8O14S2/c1-35-49(83-33-63-35)39-13-9-37(10-14-39)27-61-53(73)47-45(59)41(69)29-67(47)55(75)51(57(3,4)5)65-43(71)31-81-25-23-79-21-19-77-17-18-78-20-22-80-24-26-82-32-44(72)66-52(58(6,7)8)56(76)68-30-42(70)46(60)48(68)54(74)62-28-38-11-15-40(16-12-38)50-36(2)64-34-84-50/h9-16,33-34,41-42,45-48,51-52,69-70H,17-32H2,1-8H3,(H,61,73)(H,62,74)(H,65,71)(H,66,72)/t41-,42-,45-,46-,47-,48-,51+,52?/m0/s1. The van der Waals surface area contributed by atoms with Gasteiger partial charge < -0.3 is 69.7 Å². The second-order valence-corrected chi connectivity index (χ2v) is 24.3. The number of aliphatic hydroxyl groups excluding tert-OH is 2. The van der Waals surface area contributed by atoms with Gasteiger partial charge in [-0.05, 0) is 46.9 Å². The first-order valence-electron chi connectivity index (χ1n) is 27.8. The fourth-order valence-corrected chi connectivity index (χ4v) is 10.9. The van der Waals surface area contributed by atoms with Crippen molar-refractivity contribution >= 4 is 58.1 Å². The predicted octanol–water partition coefficient (Wildman–Crippen LogP) is 3.46. The molecule has 1 unspecified atom stereocenters. The second kappa shape index (κ2) is 32.0. The number of amides is 6. The number of benzene rings is 2. The van der Waals surface area contributed by atoms with Gasteiger partial charge in [-0.2, -0.15) is 0 Å². The van der Waals surface area contributed by atoms with Gasteiger partial charge in [-0.3, -0.25) is 28.8 Å². The van der Waals surface area contributed by atoms with Crippen LogP contribution in [-0.2, 0) is 70.3 Å². The maximum absolute atomic E-state index is 15.4. The van der Waals surface area contributed by atoms with Crippen LogP contribution in [0.25, 0.3) is 20.9 Å². The molecule has 84 heavy (non-hydrogen) atoms. The van der Waals surface area contributed by atoms with Gasteiger partial charge in [0.15, 0.2) is 12.3 Å². The first-order valence-corrected chi connectivity index (χ1v) is 29.6. The van der Waals surface area contributed by atoms with E-state index in [-0.39, 0.29) is 79.2 Å². The Balaban J connectivity index is 0.778. The fraction of sp³-hybridized carbons (Fsp3) is 0.586. The smallest absolute Gasteiger partial charge is 0.246 e. The lowest BCUT2D eigenvalue weighted by molar-refractivity contribution is -0.145. The third-order valence-electron chi connectivity index (χ3n) is 13.9. The topological polar surface area (TPSA) is 279 Å². The van der Waals surface area contributed by atoms with E-state index in [1.165, 1.54) is 22.7 Å². The summed E-state index contributed by atoms with van der Waals surface area (Å²) < 4.78 is 63.8. The summed E-state index contributed by atoms with van der Waals surface area (Å²) >= 11 is 3.03. The summed E-state index contributed by atoms with van der Waals surface area (Å²) in [5.74, 6) is -4.19. The highest BCUT2D eigenvalue weighted by Crippen LogP contribution is 2.32. The number of hydrogen-bond acceptors (Lipinski definition) is 18. The number of aromatic nitrogens is 2. The number of likely N-dealkylation sites (tertiary alicyclic amines) is 2. The van der Waals surface area contributed by atoms with Crippen LogP contribution in [0.2, 0.25) is 0 Å². The van der Waals surface area contributed by atoms with Crippen molar-refractivity contribution in [3.05, 3.63) is 82.1 Å². The molecule has 2 aromatic carbocycles. The molecule has 2 saturated heterocycles. The van der Waals surface area contributed by atoms with Gasteiger partial charge in [-0.15, -0.1) is 22.7 Å². The van der Waals surface area contributed by atoms with Crippen LogP contribution in [0.3, 0.4) is 0 Å². The normalized spacial score (nSPS) is 19.7. The zero-order valence-electron chi connectivity index (χ0n) is 48.9. The zero-order valence-corrected chi connectivity index (χ0v) is 50.5. The lowest BCUT2D eigenvalue weighted by atomic mass is 9.85. The van der Waals surface area contributed by atoms with Crippen molar-refractivity contribution in [2.75, 3.05) is 92.4 Å². The number of halogens is 2. The van der Waals surface area contributed by atoms with Crippen molar-refractivity contribution in [2.45, 2.75) is 117 Å². The van der Waals surface area contributed by atoms with Gasteiger partial charge in [0.25, 0.3) is 0 Å². The number of aliphatic hydroxyl groups is 2. The number of nitrogens with one attached hydrogen (secondary N) is 4. The fourth-order valence-electron chi connectivity index (χ4n) is 9.28. The van der Waals surface area contributed by atoms with Crippen LogP contribution in [0.1, 0.15) is 64.1 Å². The molecule has 2 fully saturated rings. The molecule has 6 amide bonds. The number of carbonyl (C=O) groups is 6. The van der Waals surface area contributed by atoms with Crippen LogP contribution < -0.4 is 21.3 Å². The number of aryl methyl sites for hydroxylation is 2. The van der Waals surface area contributed by atoms with E-state index < -0.39 is 121 Å². The third-order valence-corrected chi connectivity index (χ3v) is 15.9. The van der Waals surface area contributed by atoms with Gasteiger partial charge in [0, 0.05) is 13.1 Å². The number of nitrogens with zero attached hydrogens (tertiary/aromatic N) is 4. The molecule has 0 bridgehead atoms. The Hall–Kier alpha value is -5.94. The van der Waals surface area contributed by atoms with Crippen molar-refractivity contribution in [3.8, 4) is 20.9 Å². The molecule has 8 atom stereocenters. The summed E-state index contributed by atoms with van der Waals surface area (Å²) in [6.45, 7) is 14.6. The molecule has 2 aromatic heterocycles. The minimum absolute atomic E-state index is 0.0594. The predicted molar refractivity (Wildman–Crippen MR) is 309 cm³/mol. The van der Waals surface area contributed by atoms with Gasteiger partial charge in [-0.25, -0.2) is 18.7 Å². The Labute approximate surface area is 496 Å². The van der Waals surface area contributed by atoms with Crippen LogP contribution in [-0.4, -0.2) is 207 Å². The average Bonchev–Trinajstić information content (AvgIpc) is 4.26. The van der Waals surface area contributed by atoms with Crippen LogP contribution >= 0.6 is 22.7 Å². The number of carbonyl (C=O) groups excluding carboxylic acids is 6. The van der Waals surface area contributed by atoms with E-state index in [0.29, 0.717) is 0 Å². The van der Waals surface area contributed by atoms with Crippen molar-refractivity contribution < 1.29 is 76.2 Å². The van der Waals surface area contributed by atoms with Gasteiger partial charge in [-0.1, -0.05) is 90.1 Å². The van der Waals surface area contributed by atoms with Gasteiger partial charge in [0.2, 0.25) is 35.4 Å². The molecule has 22 nitrogen and oxygen atoms in total. The van der Waals surface area contributed by atoms with Crippen LogP contribution in [0.4, 0.5) is 8.78 Å². The summed E-state index contributed by atoms with van der Waals surface area (Å²) in [5.41, 5.74) is 7.07. The van der Waals surface area contributed by atoms with Gasteiger partial charge >= 0.3 is 0 Å². The molecule has 4 heterocycles. The zero-order chi connectivity index (χ0) is 61.1. The van der Waals surface area contributed by atoms with Crippen LogP contribution in [0.5, 0.6) is 0 Å². The van der Waals surface area contributed by atoms with Gasteiger partial charge in [0.1, 0.15) is 49.6 Å². The molecule has 0 radical (unpaired) electrons. The first-order chi connectivity index (χ1) is 40.0. The van der Waals surface area contributed by atoms with Crippen molar-refractivity contribution in [2.24, 2.45) is 10.8 Å². The number of hydrogen-bond donors (Lipinski definition) is 6. The average molecular weight is 1220 g/mol. The van der Waals surface area contributed by atoms with E-state index in [2.05, 4.69) is 31.2 Å². The molecular weight excluding hydrogens is 1130 g/mol.